The number of halogens is 2. The normalized spacial score (nSPS) is 11.2. The Labute approximate surface area is 164 Å². The molecule has 7 heteroatoms. The number of benzene rings is 2. The number of carbonyl (C=O) groups excluding carboxylic acids is 1. The van der Waals surface area contributed by atoms with E-state index in [1.165, 1.54) is 12.1 Å². The number of guanidine groups is 1. The highest BCUT2D eigenvalue weighted by Crippen LogP contribution is 2.12. The molecular weight excluding hydrogens is 367 g/mol. The molecule has 1 amide bonds. The average Bonchev–Trinajstić information content (AvgIpc) is 2.61. The van der Waals surface area contributed by atoms with Crippen molar-refractivity contribution in [1.29, 1.82) is 0 Å². The van der Waals surface area contributed by atoms with E-state index in [0.717, 1.165) is 5.56 Å². The van der Waals surface area contributed by atoms with Crippen LogP contribution in [0.1, 0.15) is 11.1 Å². The van der Waals surface area contributed by atoms with Gasteiger partial charge in [-0.25, -0.2) is 4.39 Å². The fourth-order valence-corrected chi connectivity index (χ4v) is 2.85. The van der Waals surface area contributed by atoms with Crippen LogP contribution in [0, 0.1) is 5.82 Å². The van der Waals surface area contributed by atoms with E-state index in [4.69, 9.17) is 11.6 Å². The second-order valence-electron chi connectivity index (χ2n) is 6.12. The van der Waals surface area contributed by atoms with Crippen molar-refractivity contribution in [2.45, 2.75) is 13.0 Å². The number of amides is 1. The van der Waals surface area contributed by atoms with Crippen molar-refractivity contribution in [2.75, 3.05) is 27.2 Å². The molecular formula is C20H24ClFN4O. The summed E-state index contributed by atoms with van der Waals surface area (Å²) in [6.45, 7) is 1.63. The minimum atomic E-state index is -0.339. The molecule has 0 bridgehead atoms. The van der Waals surface area contributed by atoms with Crippen LogP contribution in [0.3, 0.4) is 0 Å². The van der Waals surface area contributed by atoms with Gasteiger partial charge in [-0.2, -0.15) is 0 Å². The van der Waals surface area contributed by atoms with Gasteiger partial charge in [0, 0.05) is 38.8 Å². The molecule has 0 aliphatic carbocycles. The van der Waals surface area contributed by atoms with Crippen LogP contribution < -0.4 is 10.6 Å². The monoisotopic (exact) mass is 390 g/mol. The number of nitrogens with zero attached hydrogens (tertiary/aromatic N) is 2. The summed E-state index contributed by atoms with van der Waals surface area (Å²) >= 11 is 6.02. The van der Waals surface area contributed by atoms with Crippen LogP contribution in [0.4, 0.5) is 4.39 Å². The fourth-order valence-electron chi connectivity index (χ4n) is 2.64. The molecule has 0 aromatic heterocycles. The van der Waals surface area contributed by atoms with Crippen LogP contribution in [-0.4, -0.2) is 44.0 Å². The Hall–Kier alpha value is -2.60. The van der Waals surface area contributed by atoms with Gasteiger partial charge >= 0.3 is 0 Å². The second-order valence-corrected chi connectivity index (χ2v) is 6.55. The van der Waals surface area contributed by atoms with Crippen molar-refractivity contribution < 1.29 is 9.18 Å². The van der Waals surface area contributed by atoms with Gasteiger partial charge in [-0.3, -0.25) is 9.79 Å². The number of nitrogens with one attached hydrogen (secondary N) is 2. The summed E-state index contributed by atoms with van der Waals surface area (Å²) in [5.74, 6) is 0.229. The molecule has 0 atom stereocenters. The maximum Gasteiger partial charge on any atom is 0.224 e. The van der Waals surface area contributed by atoms with E-state index in [2.05, 4.69) is 15.6 Å². The Morgan fingerprint density at radius 3 is 2.52 bits per heavy atom. The average molecular weight is 391 g/mol. The lowest BCUT2D eigenvalue weighted by Crippen LogP contribution is -2.42. The molecule has 27 heavy (non-hydrogen) atoms. The third-order valence-corrected chi connectivity index (χ3v) is 4.10. The third-order valence-electron chi connectivity index (χ3n) is 3.87. The van der Waals surface area contributed by atoms with Crippen molar-refractivity contribution in [1.82, 2.24) is 15.5 Å². The van der Waals surface area contributed by atoms with E-state index < -0.39 is 0 Å². The molecule has 2 aromatic rings. The summed E-state index contributed by atoms with van der Waals surface area (Å²) in [4.78, 5) is 18.1. The zero-order valence-electron chi connectivity index (χ0n) is 15.5. The van der Waals surface area contributed by atoms with Gasteiger partial charge in [0.2, 0.25) is 5.91 Å². The Kier molecular flexibility index (Phi) is 8.07. The molecule has 0 fully saturated rings. The van der Waals surface area contributed by atoms with E-state index in [9.17, 15) is 9.18 Å². The van der Waals surface area contributed by atoms with Crippen molar-refractivity contribution in [3.05, 3.63) is 70.5 Å². The predicted octanol–water partition coefficient (Wildman–Crippen LogP) is 2.85. The van der Waals surface area contributed by atoms with Gasteiger partial charge in [0.05, 0.1) is 6.42 Å². The molecule has 0 saturated heterocycles. The highest BCUT2D eigenvalue weighted by molar-refractivity contribution is 6.30. The first-order valence-electron chi connectivity index (χ1n) is 8.65. The van der Waals surface area contributed by atoms with E-state index in [1.54, 1.807) is 19.2 Å². The quantitative estimate of drug-likeness (QED) is 0.434. The minimum absolute atomic E-state index is 0.148. The number of rotatable bonds is 7. The molecule has 0 aliphatic heterocycles. The van der Waals surface area contributed by atoms with Crippen molar-refractivity contribution in [3.63, 3.8) is 0 Å². The first-order chi connectivity index (χ1) is 13.0. The number of hydrogen-bond donors (Lipinski definition) is 2. The van der Waals surface area contributed by atoms with Crippen molar-refractivity contribution >= 4 is 23.5 Å². The van der Waals surface area contributed by atoms with Crippen LogP contribution in [0.5, 0.6) is 0 Å². The number of carbonyl (C=O) groups is 1. The third kappa shape index (κ3) is 7.27. The van der Waals surface area contributed by atoms with Gasteiger partial charge in [-0.1, -0.05) is 35.9 Å². The van der Waals surface area contributed by atoms with Crippen molar-refractivity contribution in [3.8, 4) is 0 Å². The van der Waals surface area contributed by atoms with Crippen LogP contribution >= 0.6 is 11.6 Å². The lowest BCUT2D eigenvalue weighted by molar-refractivity contribution is -0.120. The Bertz CT molecular complexity index is 797. The molecule has 2 N–H and O–H groups in total. The summed E-state index contributed by atoms with van der Waals surface area (Å²) in [6, 6.07) is 13.7. The zero-order valence-corrected chi connectivity index (χ0v) is 16.3. The highest BCUT2D eigenvalue weighted by atomic mass is 35.5. The zero-order chi connectivity index (χ0) is 19.6. The molecule has 0 spiro atoms. The molecule has 0 saturated carbocycles. The SMILES string of the molecule is CN=C(NCCNC(=O)Cc1cccc(F)c1)N(C)Cc1cccc(Cl)c1. The van der Waals surface area contributed by atoms with E-state index in [-0.39, 0.29) is 18.1 Å². The molecule has 144 valence electrons. The first kappa shape index (κ1) is 20.7. The number of aliphatic imine (C=N–C) groups is 1. The van der Waals surface area contributed by atoms with Crippen LogP contribution in [0.15, 0.2) is 53.5 Å². The number of hydrogen-bond acceptors (Lipinski definition) is 2. The summed E-state index contributed by atoms with van der Waals surface area (Å²) in [5.41, 5.74) is 1.73. The Balaban J connectivity index is 1.73. The van der Waals surface area contributed by atoms with Gasteiger partial charge in [0.25, 0.3) is 0 Å². The Morgan fingerprint density at radius 2 is 1.81 bits per heavy atom. The molecule has 5 nitrogen and oxygen atoms in total. The molecule has 0 unspecified atom stereocenters. The van der Waals surface area contributed by atoms with E-state index in [0.29, 0.717) is 36.2 Å². The van der Waals surface area contributed by atoms with Gasteiger partial charge in [0.15, 0.2) is 5.96 Å². The van der Waals surface area contributed by atoms with Gasteiger partial charge in [0.1, 0.15) is 5.82 Å². The predicted molar refractivity (Wildman–Crippen MR) is 107 cm³/mol. The largest absolute Gasteiger partial charge is 0.354 e. The van der Waals surface area contributed by atoms with E-state index >= 15 is 0 Å². The summed E-state index contributed by atoms with van der Waals surface area (Å²) < 4.78 is 13.1. The Morgan fingerprint density at radius 1 is 1.11 bits per heavy atom. The van der Waals surface area contributed by atoms with Gasteiger partial charge < -0.3 is 15.5 Å². The highest BCUT2D eigenvalue weighted by Gasteiger charge is 2.08. The molecule has 0 heterocycles. The first-order valence-corrected chi connectivity index (χ1v) is 9.03. The second kappa shape index (κ2) is 10.5. The van der Waals surface area contributed by atoms with Crippen LogP contribution in [-0.2, 0) is 17.8 Å². The lowest BCUT2D eigenvalue weighted by Gasteiger charge is -2.22. The van der Waals surface area contributed by atoms with E-state index in [1.807, 2.05) is 36.2 Å². The van der Waals surface area contributed by atoms with Crippen LogP contribution in [0.25, 0.3) is 0 Å². The standard InChI is InChI=1S/C20H24ClFN4O/c1-23-20(26(2)14-16-6-3-7-17(21)11-16)25-10-9-24-19(27)13-15-5-4-8-18(22)12-15/h3-8,11-12H,9-10,13-14H2,1-2H3,(H,23,25)(H,24,27). The molecule has 0 aliphatic rings. The topological polar surface area (TPSA) is 56.7 Å². The summed E-state index contributed by atoms with van der Waals surface area (Å²) in [7, 11) is 3.64. The fraction of sp³-hybridized carbons (Fsp3) is 0.300. The summed E-state index contributed by atoms with van der Waals surface area (Å²) in [5, 5.41) is 6.71. The molecule has 0 radical (unpaired) electrons. The molecule has 2 rings (SSSR count). The maximum absolute atomic E-state index is 13.1. The minimum Gasteiger partial charge on any atom is -0.354 e. The maximum atomic E-state index is 13.1. The smallest absolute Gasteiger partial charge is 0.224 e. The van der Waals surface area contributed by atoms with Crippen LogP contribution in [0.2, 0.25) is 5.02 Å². The summed E-state index contributed by atoms with van der Waals surface area (Å²) in [6.07, 6.45) is 0.154. The molecule has 2 aromatic carbocycles. The van der Waals surface area contributed by atoms with Gasteiger partial charge in [-0.15, -0.1) is 0 Å². The van der Waals surface area contributed by atoms with Gasteiger partial charge in [-0.05, 0) is 35.4 Å². The lowest BCUT2D eigenvalue weighted by atomic mass is 10.1. The van der Waals surface area contributed by atoms with Crippen molar-refractivity contribution in [2.24, 2.45) is 4.99 Å².